The van der Waals surface area contributed by atoms with Gasteiger partial charge < -0.3 is 10.6 Å². The van der Waals surface area contributed by atoms with Crippen molar-refractivity contribution in [3.63, 3.8) is 0 Å². The summed E-state index contributed by atoms with van der Waals surface area (Å²) < 4.78 is 1.79. The first-order valence-electron chi connectivity index (χ1n) is 6.65. The highest BCUT2D eigenvalue weighted by Gasteiger charge is 2.10. The van der Waals surface area contributed by atoms with E-state index in [2.05, 4.69) is 20.7 Å². The molecule has 0 atom stereocenters. The zero-order valence-corrected chi connectivity index (χ0v) is 11.9. The quantitative estimate of drug-likeness (QED) is 0.878. The van der Waals surface area contributed by atoms with Gasteiger partial charge in [-0.05, 0) is 32.9 Å². The number of anilines is 2. The Bertz CT molecular complexity index is 591. The lowest BCUT2D eigenvalue weighted by Gasteiger charge is -2.06. The Labute approximate surface area is 118 Å². The Hall–Kier alpha value is -2.37. The molecule has 1 amide bonds. The maximum absolute atomic E-state index is 12.1. The molecular weight excluding hydrogens is 254 g/mol. The number of carbonyl (C=O) groups is 1. The zero-order valence-electron chi connectivity index (χ0n) is 11.9. The molecule has 0 aliphatic rings. The topological polar surface area (TPSA) is 71.8 Å². The molecule has 6 heteroatoms. The average molecular weight is 273 g/mol. The Morgan fingerprint density at radius 3 is 2.85 bits per heavy atom. The minimum atomic E-state index is -0.243. The van der Waals surface area contributed by atoms with E-state index >= 15 is 0 Å². The van der Waals surface area contributed by atoms with Gasteiger partial charge in [-0.25, -0.2) is 0 Å². The Morgan fingerprint density at radius 1 is 1.40 bits per heavy atom. The van der Waals surface area contributed by atoms with Gasteiger partial charge in [0.05, 0.1) is 11.9 Å². The summed E-state index contributed by atoms with van der Waals surface area (Å²) in [5.74, 6) is -0.243. The van der Waals surface area contributed by atoms with E-state index in [9.17, 15) is 4.79 Å². The van der Waals surface area contributed by atoms with Gasteiger partial charge in [0.15, 0.2) is 0 Å². The van der Waals surface area contributed by atoms with Gasteiger partial charge in [0.2, 0.25) is 0 Å². The summed E-state index contributed by atoms with van der Waals surface area (Å²) in [6, 6.07) is 3.82. The normalized spacial score (nSPS) is 10.6. The number of amides is 1. The molecule has 0 aromatic carbocycles. The maximum Gasteiger partial charge on any atom is 0.274 e. The van der Waals surface area contributed by atoms with Crippen molar-refractivity contribution in [2.24, 2.45) is 0 Å². The molecule has 2 N–H and O–H groups in total. The van der Waals surface area contributed by atoms with Crippen LogP contribution in [0.3, 0.4) is 0 Å². The number of nitrogens with zero attached hydrogens (tertiary/aromatic N) is 3. The molecule has 0 aliphatic carbocycles. The van der Waals surface area contributed by atoms with Crippen LogP contribution in [-0.2, 0) is 0 Å². The number of hydrogen-bond acceptors (Lipinski definition) is 4. The van der Waals surface area contributed by atoms with E-state index in [1.165, 1.54) is 0 Å². The summed E-state index contributed by atoms with van der Waals surface area (Å²) >= 11 is 0. The molecule has 0 bridgehead atoms. The molecule has 0 aliphatic heterocycles. The van der Waals surface area contributed by atoms with Crippen LogP contribution >= 0.6 is 0 Å². The predicted octanol–water partition coefficient (Wildman–Crippen LogP) is 2.54. The van der Waals surface area contributed by atoms with Crippen molar-refractivity contribution in [3.8, 4) is 0 Å². The largest absolute Gasteiger partial charge is 0.385 e. The van der Waals surface area contributed by atoms with Crippen LogP contribution in [0.1, 0.15) is 37.3 Å². The smallest absolute Gasteiger partial charge is 0.274 e. The fourth-order valence-corrected chi connectivity index (χ4v) is 1.75. The van der Waals surface area contributed by atoms with Crippen molar-refractivity contribution in [1.82, 2.24) is 14.8 Å². The van der Waals surface area contributed by atoms with E-state index < -0.39 is 0 Å². The van der Waals surface area contributed by atoms with Crippen molar-refractivity contribution in [2.45, 2.75) is 26.8 Å². The Kier molecular flexibility index (Phi) is 4.34. The van der Waals surface area contributed by atoms with E-state index in [0.717, 1.165) is 12.2 Å². The van der Waals surface area contributed by atoms with Gasteiger partial charge >= 0.3 is 0 Å². The molecule has 2 aromatic rings. The fraction of sp³-hybridized carbons (Fsp3) is 0.357. The molecule has 0 saturated heterocycles. The van der Waals surface area contributed by atoms with Crippen LogP contribution in [0.25, 0.3) is 0 Å². The highest BCUT2D eigenvalue weighted by atomic mass is 16.1. The molecule has 2 heterocycles. The van der Waals surface area contributed by atoms with E-state index in [-0.39, 0.29) is 11.9 Å². The predicted molar refractivity (Wildman–Crippen MR) is 79.0 cm³/mol. The summed E-state index contributed by atoms with van der Waals surface area (Å²) in [5, 5.41) is 10.1. The molecule has 0 saturated carbocycles. The van der Waals surface area contributed by atoms with E-state index in [4.69, 9.17) is 0 Å². The first kappa shape index (κ1) is 14.0. The average Bonchev–Trinajstić information content (AvgIpc) is 2.88. The highest BCUT2D eigenvalue weighted by molar-refractivity contribution is 6.03. The zero-order chi connectivity index (χ0) is 14.5. The molecule has 0 spiro atoms. The number of rotatable bonds is 5. The van der Waals surface area contributed by atoms with E-state index in [1.54, 1.807) is 29.3 Å². The van der Waals surface area contributed by atoms with Crippen LogP contribution in [0.15, 0.2) is 30.7 Å². The molecule has 6 nitrogen and oxygen atoms in total. The first-order chi connectivity index (χ1) is 9.60. The second kappa shape index (κ2) is 6.18. The number of aromatic nitrogens is 3. The van der Waals surface area contributed by atoms with Crippen molar-refractivity contribution in [2.75, 3.05) is 17.2 Å². The van der Waals surface area contributed by atoms with Gasteiger partial charge in [-0.1, -0.05) is 0 Å². The van der Waals surface area contributed by atoms with Gasteiger partial charge in [-0.2, -0.15) is 5.10 Å². The second-order valence-corrected chi connectivity index (χ2v) is 4.72. The molecule has 2 aromatic heterocycles. The third-order valence-electron chi connectivity index (χ3n) is 2.76. The van der Waals surface area contributed by atoms with Gasteiger partial charge in [0, 0.05) is 30.7 Å². The van der Waals surface area contributed by atoms with Crippen LogP contribution in [0.2, 0.25) is 0 Å². The SMILES string of the molecule is CCNc1ccnc(C(=O)Nc2cnn(C(C)C)c2)c1. The van der Waals surface area contributed by atoms with Crippen molar-refractivity contribution >= 4 is 17.3 Å². The maximum atomic E-state index is 12.1. The molecule has 0 unspecified atom stereocenters. The van der Waals surface area contributed by atoms with Crippen LogP contribution in [0, 0.1) is 0 Å². The lowest BCUT2D eigenvalue weighted by molar-refractivity contribution is 0.102. The summed E-state index contributed by atoms with van der Waals surface area (Å²) in [4.78, 5) is 16.2. The van der Waals surface area contributed by atoms with Crippen molar-refractivity contribution in [1.29, 1.82) is 0 Å². The fourth-order valence-electron chi connectivity index (χ4n) is 1.75. The standard InChI is InChI=1S/C14H19N5O/c1-4-15-11-5-6-16-13(7-11)14(20)18-12-8-17-19(9-12)10(2)3/h5-10H,4H2,1-3H3,(H,15,16)(H,18,20). The lowest BCUT2D eigenvalue weighted by atomic mass is 10.3. The monoisotopic (exact) mass is 273 g/mol. The number of carbonyl (C=O) groups excluding carboxylic acids is 1. The molecule has 0 fully saturated rings. The Balaban J connectivity index is 2.09. The van der Waals surface area contributed by atoms with E-state index in [0.29, 0.717) is 11.4 Å². The number of pyridine rings is 1. The summed E-state index contributed by atoms with van der Waals surface area (Å²) in [6.07, 6.45) is 5.05. The summed E-state index contributed by atoms with van der Waals surface area (Å²) in [7, 11) is 0. The highest BCUT2D eigenvalue weighted by Crippen LogP contribution is 2.13. The van der Waals surface area contributed by atoms with E-state index in [1.807, 2.05) is 26.8 Å². The first-order valence-corrected chi connectivity index (χ1v) is 6.65. The lowest BCUT2D eigenvalue weighted by Crippen LogP contribution is -2.13. The molecule has 0 radical (unpaired) electrons. The van der Waals surface area contributed by atoms with Gasteiger partial charge in [-0.15, -0.1) is 0 Å². The van der Waals surface area contributed by atoms with Crippen LogP contribution in [-0.4, -0.2) is 27.2 Å². The van der Waals surface area contributed by atoms with Gasteiger partial charge in [0.25, 0.3) is 5.91 Å². The van der Waals surface area contributed by atoms with Gasteiger partial charge in [0.1, 0.15) is 5.69 Å². The third kappa shape index (κ3) is 3.34. The number of hydrogen-bond donors (Lipinski definition) is 2. The van der Waals surface area contributed by atoms with Crippen LogP contribution < -0.4 is 10.6 Å². The minimum Gasteiger partial charge on any atom is -0.385 e. The number of nitrogens with one attached hydrogen (secondary N) is 2. The molecule has 2 rings (SSSR count). The van der Waals surface area contributed by atoms with Gasteiger partial charge in [-0.3, -0.25) is 14.5 Å². The van der Waals surface area contributed by atoms with Crippen LogP contribution in [0.5, 0.6) is 0 Å². The second-order valence-electron chi connectivity index (χ2n) is 4.72. The summed E-state index contributed by atoms with van der Waals surface area (Å²) in [5.41, 5.74) is 1.92. The van der Waals surface area contributed by atoms with Crippen molar-refractivity contribution < 1.29 is 4.79 Å². The molecule has 20 heavy (non-hydrogen) atoms. The van der Waals surface area contributed by atoms with Crippen molar-refractivity contribution in [3.05, 3.63) is 36.4 Å². The molecular formula is C14H19N5O. The Morgan fingerprint density at radius 2 is 2.20 bits per heavy atom. The van der Waals surface area contributed by atoms with Crippen LogP contribution in [0.4, 0.5) is 11.4 Å². The molecule has 106 valence electrons. The summed E-state index contributed by atoms with van der Waals surface area (Å²) in [6.45, 7) is 6.85. The third-order valence-corrected chi connectivity index (χ3v) is 2.76. The minimum absolute atomic E-state index is 0.243.